The standard InChI is InChI=1S/C19H18ClN3O2/c1-24-19-17(20)8-12(10-23-19)15-5-7-22-18-3-2-13(9-16(15)18)25-14-4-6-21-11-14/h2-3,5,7-10,14,21H,4,6,11H2,1H3. The van der Waals surface area contributed by atoms with Crippen molar-refractivity contribution >= 4 is 22.5 Å². The lowest BCUT2D eigenvalue weighted by atomic mass is 10.0. The molecule has 1 aliphatic heterocycles. The lowest BCUT2D eigenvalue weighted by Gasteiger charge is -2.14. The van der Waals surface area contributed by atoms with E-state index in [9.17, 15) is 0 Å². The molecule has 6 heteroatoms. The monoisotopic (exact) mass is 355 g/mol. The molecule has 25 heavy (non-hydrogen) atoms. The van der Waals surface area contributed by atoms with E-state index in [0.29, 0.717) is 10.9 Å². The zero-order chi connectivity index (χ0) is 17.2. The van der Waals surface area contributed by atoms with Gasteiger partial charge in [0, 0.05) is 29.9 Å². The molecule has 4 rings (SSSR count). The minimum Gasteiger partial charge on any atom is -0.489 e. The van der Waals surface area contributed by atoms with E-state index >= 15 is 0 Å². The van der Waals surface area contributed by atoms with Gasteiger partial charge in [-0.05, 0) is 48.9 Å². The Balaban J connectivity index is 1.76. The van der Waals surface area contributed by atoms with Gasteiger partial charge in [-0.15, -0.1) is 0 Å². The molecule has 1 aromatic carbocycles. The fourth-order valence-electron chi connectivity index (χ4n) is 3.09. The number of halogens is 1. The number of aromatic nitrogens is 2. The van der Waals surface area contributed by atoms with Crippen molar-refractivity contribution in [2.45, 2.75) is 12.5 Å². The lowest BCUT2D eigenvalue weighted by Crippen LogP contribution is -2.19. The van der Waals surface area contributed by atoms with Crippen LogP contribution in [0.1, 0.15) is 6.42 Å². The number of benzene rings is 1. The highest BCUT2D eigenvalue weighted by Gasteiger charge is 2.16. The molecule has 3 aromatic rings. The van der Waals surface area contributed by atoms with E-state index in [1.54, 1.807) is 19.5 Å². The van der Waals surface area contributed by atoms with Gasteiger partial charge in [0.2, 0.25) is 5.88 Å². The van der Waals surface area contributed by atoms with Gasteiger partial charge in [-0.2, -0.15) is 0 Å². The third-order valence-corrected chi connectivity index (χ3v) is 4.61. The third kappa shape index (κ3) is 3.25. The van der Waals surface area contributed by atoms with Crippen LogP contribution in [0.15, 0.2) is 42.7 Å². The Bertz CT molecular complexity index is 910. The highest BCUT2D eigenvalue weighted by Crippen LogP contribution is 2.33. The number of rotatable bonds is 4. The Morgan fingerprint density at radius 3 is 2.88 bits per heavy atom. The van der Waals surface area contributed by atoms with Gasteiger partial charge in [-0.1, -0.05) is 11.6 Å². The molecule has 0 aliphatic carbocycles. The van der Waals surface area contributed by atoms with Gasteiger partial charge < -0.3 is 14.8 Å². The molecule has 0 saturated carbocycles. The van der Waals surface area contributed by atoms with Gasteiger partial charge in [0.05, 0.1) is 12.6 Å². The van der Waals surface area contributed by atoms with Crippen molar-refractivity contribution in [2.24, 2.45) is 0 Å². The van der Waals surface area contributed by atoms with Gasteiger partial charge in [0.15, 0.2) is 0 Å². The van der Waals surface area contributed by atoms with Crippen LogP contribution in [0, 0.1) is 0 Å². The lowest BCUT2D eigenvalue weighted by molar-refractivity contribution is 0.223. The minimum atomic E-state index is 0.217. The quantitative estimate of drug-likeness (QED) is 0.773. The van der Waals surface area contributed by atoms with Crippen molar-refractivity contribution in [1.29, 1.82) is 0 Å². The van der Waals surface area contributed by atoms with Crippen LogP contribution in [0.4, 0.5) is 0 Å². The summed E-state index contributed by atoms with van der Waals surface area (Å²) in [7, 11) is 1.55. The van der Waals surface area contributed by atoms with Gasteiger partial charge >= 0.3 is 0 Å². The van der Waals surface area contributed by atoms with Crippen molar-refractivity contribution < 1.29 is 9.47 Å². The molecule has 1 fully saturated rings. The predicted molar refractivity (Wildman–Crippen MR) is 98.4 cm³/mol. The van der Waals surface area contributed by atoms with Crippen molar-refractivity contribution in [3.05, 3.63) is 47.7 Å². The Kier molecular flexibility index (Phi) is 4.42. The zero-order valence-electron chi connectivity index (χ0n) is 13.8. The van der Waals surface area contributed by atoms with Crippen molar-refractivity contribution in [2.75, 3.05) is 20.2 Å². The number of pyridine rings is 2. The van der Waals surface area contributed by atoms with E-state index < -0.39 is 0 Å². The van der Waals surface area contributed by atoms with Crippen LogP contribution < -0.4 is 14.8 Å². The van der Waals surface area contributed by atoms with Gasteiger partial charge in [-0.3, -0.25) is 4.98 Å². The molecule has 0 radical (unpaired) electrons. The molecule has 5 nitrogen and oxygen atoms in total. The van der Waals surface area contributed by atoms with E-state index in [0.717, 1.165) is 47.3 Å². The van der Waals surface area contributed by atoms with Crippen LogP contribution in [0.25, 0.3) is 22.0 Å². The number of fused-ring (bicyclic) bond motifs is 1. The molecule has 2 aromatic heterocycles. The van der Waals surface area contributed by atoms with Gasteiger partial charge in [0.1, 0.15) is 16.9 Å². The average molecular weight is 356 g/mol. The van der Waals surface area contributed by atoms with Crippen molar-refractivity contribution in [3.8, 4) is 22.8 Å². The third-order valence-electron chi connectivity index (χ3n) is 4.34. The summed E-state index contributed by atoms with van der Waals surface area (Å²) in [6.45, 7) is 1.89. The highest BCUT2D eigenvalue weighted by atomic mass is 35.5. The molecule has 0 bridgehead atoms. The summed E-state index contributed by atoms with van der Waals surface area (Å²) in [6, 6.07) is 9.81. The Labute approximate surface area is 151 Å². The average Bonchev–Trinajstić information content (AvgIpc) is 3.14. The van der Waals surface area contributed by atoms with E-state index in [-0.39, 0.29) is 6.10 Å². The number of ether oxygens (including phenoxy) is 2. The Hall–Kier alpha value is -2.37. The first-order chi connectivity index (χ1) is 12.2. The molecule has 1 N–H and O–H groups in total. The molecule has 1 saturated heterocycles. The first kappa shape index (κ1) is 16.1. The van der Waals surface area contributed by atoms with Crippen LogP contribution >= 0.6 is 11.6 Å². The normalized spacial score (nSPS) is 17.0. The molecule has 128 valence electrons. The van der Waals surface area contributed by atoms with Crippen LogP contribution in [0.3, 0.4) is 0 Å². The maximum Gasteiger partial charge on any atom is 0.232 e. The topological polar surface area (TPSA) is 56.3 Å². The van der Waals surface area contributed by atoms with Gasteiger partial charge in [0.25, 0.3) is 0 Å². The van der Waals surface area contributed by atoms with E-state index in [1.165, 1.54) is 0 Å². The van der Waals surface area contributed by atoms with Crippen LogP contribution in [-0.2, 0) is 0 Å². The van der Waals surface area contributed by atoms with E-state index in [2.05, 4.69) is 15.3 Å². The fraction of sp³-hybridized carbons (Fsp3) is 0.263. The van der Waals surface area contributed by atoms with Crippen LogP contribution in [0.5, 0.6) is 11.6 Å². The number of nitrogens with zero attached hydrogens (tertiary/aromatic N) is 2. The second kappa shape index (κ2) is 6.86. The summed E-state index contributed by atoms with van der Waals surface area (Å²) in [5.74, 6) is 1.27. The number of hydrogen-bond donors (Lipinski definition) is 1. The second-order valence-electron chi connectivity index (χ2n) is 5.99. The first-order valence-electron chi connectivity index (χ1n) is 8.20. The predicted octanol–water partition coefficient (Wildman–Crippen LogP) is 3.70. The molecular formula is C19H18ClN3O2. The maximum absolute atomic E-state index is 6.24. The Morgan fingerprint density at radius 2 is 2.12 bits per heavy atom. The Morgan fingerprint density at radius 1 is 1.20 bits per heavy atom. The summed E-state index contributed by atoms with van der Waals surface area (Å²) in [6.07, 6.45) is 4.79. The summed E-state index contributed by atoms with van der Waals surface area (Å²) in [5.41, 5.74) is 2.83. The van der Waals surface area contributed by atoms with E-state index in [1.807, 2.05) is 30.3 Å². The summed E-state index contributed by atoms with van der Waals surface area (Å²) in [5, 5.41) is 4.80. The summed E-state index contributed by atoms with van der Waals surface area (Å²) >= 11 is 6.24. The molecule has 1 unspecified atom stereocenters. The zero-order valence-corrected chi connectivity index (χ0v) is 14.6. The van der Waals surface area contributed by atoms with Crippen LogP contribution in [0.2, 0.25) is 5.02 Å². The smallest absolute Gasteiger partial charge is 0.232 e. The van der Waals surface area contributed by atoms with Crippen molar-refractivity contribution in [3.63, 3.8) is 0 Å². The molecule has 1 aliphatic rings. The highest BCUT2D eigenvalue weighted by molar-refractivity contribution is 6.32. The maximum atomic E-state index is 6.24. The number of methoxy groups -OCH3 is 1. The first-order valence-corrected chi connectivity index (χ1v) is 8.58. The second-order valence-corrected chi connectivity index (χ2v) is 6.39. The van der Waals surface area contributed by atoms with Crippen molar-refractivity contribution in [1.82, 2.24) is 15.3 Å². The molecule has 0 spiro atoms. The molecule has 0 amide bonds. The number of nitrogens with one attached hydrogen (secondary N) is 1. The minimum absolute atomic E-state index is 0.217. The van der Waals surface area contributed by atoms with E-state index in [4.69, 9.17) is 21.1 Å². The molecule has 3 heterocycles. The fourth-order valence-corrected chi connectivity index (χ4v) is 3.34. The SMILES string of the molecule is COc1ncc(-c2ccnc3ccc(OC4CCNC4)cc23)cc1Cl. The summed E-state index contributed by atoms with van der Waals surface area (Å²) < 4.78 is 11.2. The number of hydrogen-bond acceptors (Lipinski definition) is 5. The largest absolute Gasteiger partial charge is 0.489 e. The summed E-state index contributed by atoms with van der Waals surface area (Å²) in [4.78, 5) is 8.72. The van der Waals surface area contributed by atoms with Gasteiger partial charge in [-0.25, -0.2) is 4.98 Å². The molecular weight excluding hydrogens is 338 g/mol. The van der Waals surface area contributed by atoms with Crippen LogP contribution in [-0.4, -0.2) is 36.3 Å². The molecule has 1 atom stereocenters.